The lowest BCUT2D eigenvalue weighted by atomic mass is 10.3. The molecular weight excluding hydrogens is 258 g/mol. The lowest BCUT2D eigenvalue weighted by Crippen LogP contribution is -2.09. The van der Waals surface area contributed by atoms with Crippen LogP contribution in [0.3, 0.4) is 0 Å². The van der Waals surface area contributed by atoms with E-state index in [-0.39, 0.29) is 18.0 Å². The Bertz CT molecular complexity index is 487. The van der Waals surface area contributed by atoms with Crippen molar-refractivity contribution in [2.45, 2.75) is 0 Å². The van der Waals surface area contributed by atoms with Crippen molar-refractivity contribution < 1.29 is 18.1 Å². The second kappa shape index (κ2) is 5.13. The standard InChI is InChI=1S/C8H8ClNO5S/c9-16(13,14)6-5-15-8-4-2-1-3-7(8)10(11)12/h1-4H,5-6H2. The molecule has 0 saturated heterocycles. The summed E-state index contributed by atoms with van der Waals surface area (Å²) in [5.41, 5.74) is -0.213. The molecule has 0 aromatic heterocycles. The van der Waals surface area contributed by atoms with Crippen LogP contribution in [0.1, 0.15) is 0 Å². The predicted octanol–water partition coefficient (Wildman–Crippen LogP) is 1.54. The summed E-state index contributed by atoms with van der Waals surface area (Å²) >= 11 is 0. The maximum atomic E-state index is 10.6. The molecule has 0 atom stereocenters. The van der Waals surface area contributed by atoms with Gasteiger partial charge in [-0.1, -0.05) is 12.1 Å². The van der Waals surface area contributed by atoms with Crippen molar-refractivity contribution in [3.63, 3.8) is 0 Å². The first-order valence-electron chi connectivity index (χ1n) is 4.19. The highest BCUT2D eigenvalue weighted by molar-refractivity contribution is 8.13. The van der Waals surface area contributed by atoms with Gasteiger partial charge in [0.15, 0.2) is 5.75 Å². The zero-order chi connectivity index (χ0) is 12.2. The molecule has 0 aliphatic heterocycles. The number of halogens is 1. The molecule has 0 fully saturated rings. The van der Waals surface area contributed by atoms with Gasteiger partial charge in [0.2, 0.25) is 9.05 Å². The van der Waals surface area contributed by atoms with E-state index in [1.54, 1.807) is 6.07 Å². The Hall–Kier alpha value is -1.34. The van der Waals surface area contributed by atoms with E-state index in [0.29, 0.717) is 0 Å². The highest BCUT2D eigenvalue weighted by atomic mass is 35.7. The maximum Gasteiger partial charge on any atom is 0.310 e. The minimum absolute atomic E-state index is 0.0211. The third-order valence-corrected chi connectivity index (χ3v) is 2.76. The average molecular weight is 266 g/mol. The minimum atomic E-state index is -3.65. The molecule has 0 spiro atoms. The summed E-state index contributed by atoms with van der Waals surface area (Å²) in [5, 5.41) is 10.6. The van der Waals surface area contributed by atoms with E-state index in [4.69, 9.17) is 15.4 Å². The number of nitro benzene ring substituents is 1. The Morgan fingerprint density at radius 1 is 1.38 bits per heavy atom. The molecule has 0 aliphatic rings. The quantitative estimate of drug-likeness (QED) is 0.458. The molecule has 0 saturated carbocycles. The molecule has 1 rings (SSSR count). The van der Waals surface area contributed by atoms with Gasteiger partial charge >= 0.3 is 5.69 Å². The molecule has 1 aromatic rings. The number of nitrogens with zero attached hydrogens (tertiary/aromatic N) is 1. The normalized spacial score (nSPS) is 11.1. The molecule has 0 amide bonds. The van der Waals surface area contributed by atoms with Gasteiger partial charge < -0.3 is 4.74 Å². The lowest BCUT2D eigenvalue weighted by molar-refractivity contribution is -0.385. The van der Waals surface area contributed by atoms with Crippen LogP contribution in [0.2, 0.25) is 0 Å². The van der Waals surface area contributed by atoms with E-state index in [1.165, 1.54) is 18.2 Å². The number of hydrogen-bond donors (Lipinski definition) is 0. The van der Waals surface area contributed by atoms with Crippen molar-refractivity contribution in [3.05, 3.63) is 34.4 Å². The van der Waals surface area contributed by atoms with Crippen LogP contribution in [-0.2, 0) is 9.05 Å². The Balaban J connectivity index is 2.71. The molecular formula is C8H8ClNO5S. The molecule has 0 heterocycles. The van der Waals surface area contributed by atoms with E-state index in [9.17, 15) is 18.5 Å². The van der Waals surface area contributed by atoms with Crippen LogP contribution in [-0.4, -0.2) is 25.7 Å². The molecule has 88 valence electrons. The molecule has 16 heavy (non-hydrogen) atoms. The Morgan fingerprint density at radius 2 is 2.00 bits per heavy atom. The highest BCUT2D eigenvalue weighted by Gasteiger charge is 2.14. The van der Waals surface area contributed by atoms with Gasteiger partial charge in [0.1, 0.15) is 6.61 Å². The van der Waals surface area contributed by atoms with Crippen LogP contribution < -0.4 is 4.74 Å². The SMILES string of the molecule is O=[N+]([O-])c1ccccc1OCCS(=O)(=O)Cl. The fourth-order valence-electron chi connectivity index (χ4n) is 0.981. The van der Waals surface area contributed by atoms with Crippen LogP contribution in [0.15, 0.2) is 24.3 Å². The number of benzene rings is 1. The third kappa shape index (κ3) is 4.03. The molecule has 0 radical (unpaired) electrons. The molecule has 0 bridgehead atoms. The third-order valence-electron chi connectivity index (χ3n) is 1.65. The van der Waals surface area contributed by atoms with Crippen molar-refractivity contribution in [1.82, 2.24) is 0 Å². The zero-order valence-electron chi connectivity index (χ0n) is 8.00. The Morgan fingerprint density at radius 3 is 2.56 bits per heavy atom. The molecule has 1 aromatic carbocycles. The Labute approximate surface area is 96.4 Å². The minimum Gasteiger partial charge on any atom is -0.486 e. The van der Waals surface area contributed by atoms with Crippen LogP contribution in [0.4, 0.5) is 5.69 Å². The van der Waals surface area contributed by atoms with Crippen molar-refractivity contribution in [2.75, 3.05) is 12.4 Å². The highest BCUT2D eigenvalue weighted by Crippen LogP contribution is 2.25. The smallest absolute Gasteiger partial charge is 0.310 e. The van der Waals surface area contributed by atoms with E-state index < -0.39 is 19.7 Å². The summed E-state index contributed by atoms with van der Waals surface area (Å²) in [7, 11) is 1.31. The van der Waals surface area contributed by atoms with E-state index >= 15 is 0 Å². The number of rotatable bonds is 5. The average Bonchev–Trinajstić information content (AvgIpc) is 2.16. The van der Waals surface area contributed by atoms with Crippen molar-refractivity contribution in [3.8, 4) is 5.75 Å². The number of hydrogen-bond acceptors (Lipinski definition) is 5. The van der Waals surface area contributed by atoms with Crippen molar-refractivity contribution in [2.24, 2.45) is 0 Å². The van der Waals surface area contributed by atoms with Gasteiger partial charge in [0.05, 0.1) is 10.7 Å². The van der Waals surface area contributed by atoms with Gasteiger partial charge in [-0.2, -0.15) is 0 Å². The van der Waals surface area contributed by atoms with E-state index in [0.717, 1.165) is 0 Å². The zero-order valence-corrected chi connectivity index (χ0v) is 9.57. The van der Waals surface area contributed by atoms with Gasteiger partial charge in [-0.05, 0) is 6.07 Å². The first kappa shape index (κ1) is 12.7. The van der Waals surface area contributed by atoms with Gasteiger partial charge in [-0.15, -0.1) is 0 Å². The topological polar surface area (TPSA) is 86.5 Å². The van der Waals surface area contributed by atoms with Crippen LogP contribution in [0.5, 0.6) is 5.75 Å². The summed E-state index contributed by atoms with van der Waals surface area (Å²) in [4.78, 5) is 9.96. The summed E-state index contributed by atoms with van der Waals surface area (Å²) in [5.74, 6) is -0.381. The largest absolute Gasteiger partial charge is 0.486 e. The monoisotopic (exact) mass is 265 g/mol. The van der Waals surface area contributed by atoms with E-state index in [1.807, 2.05) is 0 Å². The number of para-hydroxylation sites is 2. The predicted molar refractivity (Wildman–Crippen MR) is 58.2 cm³/mol. The summed E-state index contributed by atoms with van der Waals surface area (Å²) in [6.45, 7) is -0.226. The summed E-state index contributed by atoms with van der Waals surface area (Å²) < 4.78 is 26.2. The second-order valence-corrected chi connectivity index (χ2v) is 5.71. The van der Waals surface area contributed by atoms with Crippen LogP contribution >= 0.6 is 10.7 Å². The first-order chi connectivity index (χ1) is 7.40. The van der Waals surface area contributed by atoms with Crippen molar-refractivity contribution in [1.29, 1.82) is 0 Å². The van der Waals surface area contributed by atoms with E-state index in [2.05, 4.69) is 0 Å². The van der Waals surface area contributed by atoms with Gasteiger partial charge in [0.25, 0.3) is 0 Å². The molecule has 0 N–H and O–H groups in total. The Kier molecular flexibility index (Phi) is 4.08. The number of nitro groups is 1. The maximum absolute atomic E-state index is 10.6. The fraction of sp³-hybridized carbons (Fsp3) is 0.250. The number of ether oxygens (including phenoxy) is 1. The van der Waals surface area contributed by atoms with Crippen LogP contribution in [0.25, 0.3) is 0 Å². The van der Waals surface area contributed by atoms with Crippen molar-refractivity contribution >= 4 is 25.4 Å². The van der Waals surface area contributed by atoms with Gasteiger partial charge in [0, 0.05) is 16.7 Å². The summed E-state index contributed by atoms with van der Waals surface area (Å²) in [6.07, 6.45) is 0. The second-order valence-electron chi connectivity index (χ2n) is 2.82. The molecule has 0 aliphatic carbocycles. The molecule has 8 heteroatoms. The fourth-order valence-corrected chi connectivity index (χ4v) is 1.45. The lowest BCUT2D eigenvalue weighted by Gasteiger charge is -2.04. The summed E-state index contributed by atoms with van der Waals surface area (Å²) in [6, 6.07) is 5.70. The van der Waals surface area contributed by atoms with Gasteiger partial charge in [-0.3, -0.25) is 10.1 Å². The molecule has 6 nitrogen and oxygen atoms in total. The van der Waals surface area contributed by atoms with Crippen LogP contribution in [0, 0.1) is 10.1 Å². The van der Waals surface area contributed by atoms with Gasteiger partial charge in [-0.25, -0.2) is 8.42 Å². The first-order valence-corrected chi connectivity index (χ1v) is 6.66. The molecule has 0 unspecified atom stereocenters.